The minimum absolute atomic E-state index is 0.0298. The molecule has 0 unspecified atom stereocenters. The lowest BCUT2D eigenvalue weighted by Crippen LogP contribution is -2.45. The van der Waals surface area contributed by atoms with Crippen molar-refractivity contribution in [1.82, 2.24) is 10.2 Å². The summed E-state index contributed by atoms with van der Waals surface area (Å²) in [6.45, 7) is 8.07. The smallest absolute Gasteiger partial charge is 0.225 e. The van der Waals surface area contributed by atoms with E-state index < -0.39 is 9.84 Å². The Balaban J connectivity index is 2.23. The second-order valence-electron chi connectivity index (χ2n) is 5.50. The maximum Gasteiger partial charge on any atom is 0.225 e. The number of rotatable bonds is 3. The molecule has 1 rings (SSSR count). The number of hydrogen-bond acceptors (Lipinski definition) is 4. The molecule has 0 bridgehead atoms. The van der Waals surface area contributed by atoms with E-state index in [1.165, 1.54) is 0 Å². The molecule has 0 aromatic heterocycles. The first-order valence-electron chi connectivity index (χ1n) is 5.92. The highest BCUT2D eigenvalue weighted by molar-refractivity contribution is 7.91. The molecule has 1 fully saturated rings. The summed E-state index contributed by atoms with van der Waals surface area (Å²) in [4.78, 5) is 13.7. The van der Waals surface area contributed by atoms with E-state index in [-0.39, 0.29) is 22.8 Å². The van der Waals surface area contributed by atoms with Gasteiger partial charge >= 0.3 is 0 Å². The van der Waals surface area contributed by atoms with Crippen LogP contribution in [0.2, 0.25) is 0 Å². The third-order valence-corrected chi connectivity index (χ3v) is 4.44. The molecule has 0 atom stereocenters. The van der Waals surface area contributed by atoms with Crippen LogP contribution in [0.15, 0.2) is 0 Å². The topological polar surface area (TPSA) is 66.5 Å². The van der Waals surface area contributed by atoms with Gasteiger partial charge in [0.1, 0.15) is 0 Å². The van der Waals surface area contributed by atoms with Crippen molar-refractivity contribution in [2.24, 2.45) is 5.41 Å². The number of carbonyl (C=O) groups excluding carboxylic acids is 1. The van der Waals surface area contributed by atoms with Gasteiger partial charge in [0, 0.05) is 31.6 Å². The molecule has 1 saturated heterocycles. The van der Waals surface area contributed by atoms with E-state index in [1.54, 1.807) is 0 Å². The Labute approximate surface area is 103 Å². The second kappa shape index (κ2) is 5.35. The summed E-state index contributed by atoms with van der Waals surface area (Å²) in [6.07, 6.45) is 0. The lowest BCUT2D eigenvalue weighted by molar-refractivity contribution is -0.128. The molecule has 1 aliphatic rings. The zero-order chi connectivity index (χ0) is 13.1. The predicted molar refractivity (Wildman–Crippen MR) is 67.6 cm³/mol. The van der Waals surface area contributed by atoms with Crippen LogP contribution in [-0.4, -0.2) is 56.9 Å². The monoisotopic (exact) mass is 262 g/mol. The predicted octanol–water partition coefficient (Wildman–Crippen LogP) is -0.121. The molecule has 1 N–H and O–H groups in total. The van der Waals surface area contributed by atoms with Crippen LogP contribution in [0.3, 0.4) is 0 Å². The van der Waals surface area contributed by atoms with Crippen LogP contribution < -0.4 is 5.32 Å². The van der Waals surface area contributed by atoms with Crippen molar-refractivity contribution in [3.8, 4) is 0 Å². The van der Waals surface area contributed by atoms with Crippen LogP contribution in [0.4, 0.5) is 0 Å². The van der Waals surface area contributed by atoms with Gasteiger partial charge in [-0.2, -0.15) is 0 Å². The number of nitrogens with one attached hydrogen (secondary N) is 1. The molecule has 1 aliphatic heterocycles. The highest BCUT2D eigenvalue weighted by Gasteiger charge is 2.23. The Morgan fingerprint density at radius 3 is 2.24 bits per heavy atom. The second-order valence-corrected chi connectivity index (χ2v) is 7.80. The third kappa shape index (κ3) is 5.04. The van der Waals surface area contributed by atoms with Gasteiger partial charge in [-0.3, -0.25) is 9.69 Å². The molecule has 0 spiro atoms. The SMILES string of the molecule is CC(C)(C)C(=O)NCCN1CCS(=O)(=O)CC1. The fraction of sp³-hybridized carbons (Fsp3) is 0.909. The molecule has 6 heteroatoms. The molecule has 0 aromatic carbocycles. The van der Waals surface area contributed by atoms with Crippen molar-refractivity contribution >= 4 is 15.7 Å². The van der Waals surface area contributed by atoms with E-state index in [4.69, 9.17) is 0 Å². The van der Waals surface area contributed by atoms with Crippen LogP contribution in [0.25, 0.3) is 0 Å². The molecule has 5 nitrogen and oxygen atoms in total. The van der Waals surface area contributed by atoms with Crippen LogP contribution >= 0.6 is 0 Å². The molecule has 1 heterocycles. The van der Waals surface area contributed by atoms with Gasteiger partial charge in [0.05, 0.1) is 11.5 Å². The summed E-state index contributed by atoms with van der Waals surface area (Å²) in [6, 6.07) is 0. The quantitative estimate of drug-likeness (QED) is 0.770. The van der Waals surface area contributed by atoms with Crippen LogP contribution in [0, 0.1) is 5.41 Å². The van der Waals surface area contributed by atoms with E-state index in [0.717, 1.165) is 6.54 Å². The minimum Gasteiger partial charge on any atom is -0.354 e. The first-order chi connectivity index (χ1) is 7.71. The Bertz CT molecular complexity index is 357. The van der Waals surface area contributed by atoms with Crippen molar-refractivity contribution in [1.29, 1.82) is 0 Å². The van der Waals surface area contributed by atoms with Gasteiger partial charge in [0.2, 0.25) is 5.91 Å². The first kappa shape index (κ1) is 14.4. The Kier molecular flexibility index (Phi) is 4.55. The largest absolute Gasteiger partial charge is 0.354 e. The Morgan fingerprint density at radius 2 is 1.76 bits per heavy atom. The summed E-state index contributed by atoms with van der Waals surface area (Å²) < 4.78 is 22.4. The average Bonchev–Trinajstić information content (AvgIpc) is 2.19. The van der Waals surface area contributed by atoms with Gasteiger partial charge < -0.3 is 5.32 Å². The van der Waals surface area contributed by atoms with E-state index >= 15 is 0 Å². The standard InChI is InChI=1S/C11H22N2O3S/c1-11(2,3)10(14)12-4-5-13-6-8-17(15,16)9-7-13/h4-9H2,1-3H3,(H,12,14). The van der Waals surface area contributed by atoms with Gasteiger partial charge in [-0.15, -0.1) is 0 Å². The van der Waals surface area contributed by atoms with Crippen molar-refractivity contribution in [2.45, 2.75) is 20.8 Å². The van der Waals surface area contributed by atoms with E-state index in [0.29, 0.717) is 19.6 Å². The first-order valence-corrected chi connectivity index (χ1v) is 7.74. The lowest BCUT2D eigenvalue weighted by Gasteiger charge is -2.27. The van der Waals surface area contributed by atoms with Crippen LogP contribution in [0.1, 0.15) is 20.8 Å². The molecule has 17 heavy (non-hydrogen) atoms. The zero-order valence-corrected chi connectivity index (χ0v) is 11.6. The molecule has 0 aromatic rings. The number of carbonyl (C=O) groups is 1. The van der Waals surface area contributed by atoms with E-state index in [1.807, 2.05) is 20.8 Å². The summed E-state index contributed by atoms with van der Waals surface area (Å²) in [5, 5.41) is 2.86. The Hall–Kier alpha value is -0.620. The van der Waals surface area contributed by atoms with E-state index in [2.05, 4.69) is 10.2 Å². The fourth-order valence-electron chi connectivity index (χ4n) is 1.57. The maximum atomic E-state index is 11.6. The summed E-state index contributed by atoms with van der Waals surface area (Å²) in [5.74, 6) is 0.502. The van der Waals surface area contributed by atoms with Crippen molar-refractivity contribution in [2.75, 3.05) is 37.7 Å². The summed E-state index contributed by atoms with van der Waals surface area (Å²) in [7, 11) is -2.81. The fourth-order valence-corrected chi connectivity index (χ4v) is 2.84. The number of hydrogen-bond donors (Lipinski definition) is 1. The van der Waals surface area contributed by atoms with Gasteiger partial charge in [0.15, 0.2) is 9.84 Å². The number of amides is 1. The molecule has 0 saturated carbocycles. The average molecular weight is 262 g/mol. The van der Waals surface area contributed by atoms with Gasteiger partial charge in [-0.25, -0.2) is 8.42 Å². The number of sulfone groups is 1. The van der Waals surface area contributed by atoms with Gasteiger partial charge in [-0.05, 0) is 0 Å². The zero-order valence-electron chi connectivity index (χ0n) is 10.8. The summed E-state index contributed by atoms with van der Waals surface area (Å²) >= 11 is 0. The Morgan fingerprint density at radius 1 is 1.24 bits per heavy atom. The van der Waals surface area contributed by atoms with Crippen molar-refractivity contribution in [3.63, 3.8) is 0 Å². The highest BCUT2D eigenvalue weighted by Crippen LogP contribution is 2.12. The van der Waals surface area contributed by atoms with Crippen molar-refractivity contribution in [3.05, 3.63) is 0 Å². The highest BCUT2D eigenvalue weighted by atomic mass is 32.2. The minimum atomic E-state index is -2.81. The van der Waals surface area contributed by atoms with Gasteiger partial charge in [-0.1, -0.05) is 20.8 Å². The molecular weight excluding hydrogens is 240 g/mol. The maximum absolute atomic E-state index is 11.6. The van der Waals surface area contributed by atoms with E-state index in [9.17, 15) is 13.2 Å². The third-order valence-electron chi connectivity index (χ3n) is 2.83. The normalized spacial score (nSPS) is 21.1. The molecular formula is C11H22N2O3S. The van der Waals surface area contributed by atoms with Crippen LogP contribution in [0.5, 0.6) is 0 Å². The van der Waals surface area contributed by atoms with Crippen molar-refractivity contribution < 1.29 is 13.2 Å². The number of nitrogens with zero attached hydrogens (tertiary/aromatic N) is 1. The molecule has 1 amide bonds. The molecule has 0 radical (unpaired) electrons. The van der Waals surface area contributed by atoms with Gasteiger partial charge in [0.25, 0.3) is 0 Å². The summed E-state index contributed by atoms with van der Waals surface area (Å²) in [5.41, 5.74) is -0.370. The van der Waals surface area contributed by atoms with Crippen LogP contribution in [-0.2, 0) is 14.6 Å². The molecule has 100 valence electrons. The molecule has 0 aliphatic carbocycles. The lowest BCUT2D eigenvalue weighted by atomic mass is 9.96.